The van der Waals surface area contributed by atoms with Crippen molar-refractivity contribution in [1.29, 1.82) is 0 Å². The number of rotatable bonds is 3. The fourth-order valence-corrected chi connectivity index (χ4v) is 7.19. The van der Waals surface area contributed by atoms with Crippen molar-refractivity contribution < 1.29 is 4.74 Å². The summed E-state index contributed by atoms with van der Waals surface area (Å²) in [4.78, 5) is 7.77. The van der Waals surface area contributed by atoms with E-state index in [-0.39, 0.29) is 5.60 Å². The molecule has 1 aromatic rings. The summed E-state index contributed by atoms with van der Waals surface area (Å²) in [5, 5.41) is 0.802. The van der Waals surface area contributed by atoms with Crippen LogP contribution in [-0.4, -0.2) is 30.6 Å². The molecule has 4 bridgehead atoms. The first-order valence-corrected chi connectivity index (χ1v) is 9.80. The monoisotopic (exact) mass is 328 g/mol. The SMILES string of the molecule is [C-]#[N+]c1ccc(C2(OC)C3CCCC2CN(C24CC(C2)C4)C3)s1. The van der Waals surface area contributed by atoms with E-state index in [0.29, 0.717) is 17.4 Å². The maximum absolute atomic E-state index is 7.29. The molecule has 5 fully saturated rings. The molecule has 6 rings (SSSR count). The van der Waals surface area contributed by atoms with E-state index >= 15 is 0 Å². The minimum atomic E-state index is -0.133. The van der Waals surface area contributed by atoms with Gasteiger partial charge >= 0.3 is 0 Å². The molecule has 122 valence electrons. The second kappa shape index (κ2) is 4.81. The van der Waals surface area contributed by atoms with Gasteiger partial charge in [-0.3, -0.25) is 4.90 Å². The van der Waals surface area contributed by atoms with Crippen LogP contribution < -0.4 is 0 Å². The molecule has 2 heterocycles. The predicted octanol–water partition coefficient (Wildman–Crippen LogP) is 4.42. The van der Waals surface area contributed by atoms with Crippen molar-refractivity contribution in [2.45, 2.75) is 49.7 Å². The first-order valence-electron chi connectivity index (χ1n) is 8.98. The van der Waals surface area contributed by atoms with E-state index in [1.54, 1.807) is 11.3 Å². The molecule has 2 unspecified atom stereocenters. The van der Waals surface area contributed by atoms with Crippen LogP contribution in [0.15, 0.2) is 12.1 Å². The highest BCUT2D eigenvalue weighted by Gasteiger charge is 2.64. The van der Waals surface area contributed by atoms with Crippen LogP contribution in [0.2, 0.25) is 0 Å². The van der Waals surface area contributed by atoms with Crippen molar-refractivity contribution in [3.63, 3.8) is 0 Å². The minimum Gasteiger partial charge on any atom is -0.372 e. The van der Waals surface area contributed by atoms with E-state index in [4.69, 9.17) is 11.3 Å². The van der Waals surface area contributed by atoms with Crippen LogP contribution in [0, 0.1) is 24.3 Å². The number of ether oxygens (including phenoxy) is 1. The number of hydrogen-bond acceptors (Lipinski definition) is 3. The van der Waals surface area contributed by atoms with Gasteiger partial charge in [0.15, 0.2) is 0 Å². The number of nitrogens with zero attached hydrogens (tertiary/aromatic N) is 2. The summed E-state index contributed by atoms with van der Waals surface area (Å²) in [5.74, 6) is 2.22. The largest absolute Gasteiger partial charge is 0.372 e. The zero-order valence-corrected chi connectivity index (χ0v) is 14.6. The molecule has 4 aliphatic carbocycles. The van der Waals surface area contributed by atoms with Crippen molar-refractivity contribution in [3.05, 3.63) is 28.4 Å². The van der Waals surface area contributed by atoms with E-state index < -0.39 is 0 Å². The molecule has 0 spiro atoms. The highest BCUT2D eigenvalue weighted by atomic mass is 32.1. The molecule has 1 aromatic heterocycles. The van der Waals surface area contributed by atoms with Gasteiger partial charge in [-0.1, -0.05) is 12.5 Å². The summed E-state index contributed by atoms with van der Waals surface area (Å²) in [5.41, 5.74) is 0.446. The van der Waals surface area contributed by atoms with Gasteiger partial charge in [-0.25, -0.2) is 4.85 Å². The van der Waals surface area contributed by atoms with Crippen molar-refractivity contribution >= 4 is 16.3 Å². The molecule has 3 nitrogen and oxygen atoms in total. The van der Waals surface area contributed by atoms with Gasteiger partial charge in [0.05, 0.1) is 6.57 Å². The summed E-state index contributed by atoms with van der Waals surface area (Å²) in [6, 6.07) is 4.15. The van der Waals surface area contributed by atoms with Gasteiger partial charge in [0.1, 0.15) is 5.60 Å². The molecule has 0 radical (unpaired) electrons. The van der Waals surface area contributed by atoms with Gasteiger partial charge in [0.25, 0.3) is 0 Å². The Kier molecular flexibility index (Phi) is 3.03. The Morgan fingerprint density at radius 3 is 2.39 bits per heavy atom. The molecule has 4 saturated carbocycles. The molecular weight excluding hydrogens is 304 g/mol. The van der Waals surface area contributed by atoms with E-state index in [1.165, 1.54) is 56.5 Å². The number of piperidine rings is 1. The second-order valence-electron chi connectivity index (χ2n) is 8.18. The Labute approximate surface area is 142 Å². The summed E-state index contributed by atoms with van der Waals surface area (Å²) < 4.78 is 6.30. The van der Waals surface area contributed by atoms with Crippen LogP contribution in [0.25, 0.3) is 4.85 Å². The minimum absolute atomic E-state index is 0.133. The first-order chi connectivity index (χ1) is 11.2. The summed E-state index contributed by atoms with van der Waals surface area (Å²) in [6.07, 6.45) is 8.23. The van der Waals surface area contributed by atoms with E-state index in [2.05, 4.69) is 15.8 Å². The molecule has 23 heavy (non-hydrogen) atoms. The molecular formula is C19H24N2OS. The highest BCUT2D eigenvalue weighted by Crippen LogP contribution is 2.63. The van der Waals surface area contributed by atoms with Gasteiger partial charge in [-0.05, 0) is 44.1 Å². The Balaban J connectivity index is 1.50. The topological polar surface area (TPSA) is 16.8 Å². The maximum atomic E-state index is 7.29. The van der Waals surface area contributed by atoms with Crippen molar-refractivity contribution in [2.75, 3.05) is 20.2 Å². The molecule has 1 saturated heterocycles. The van der Waals surface area contributed by atoms with Gasteiger partial charge < -0.3 is 4.74 Å². The third-order valence-corrected chi connectivity index (χ3v) is 8.41. The number of fused-ring (bicyclic) bond motifs is 2. The number of thiophene rings is 1. The summed E-state index contributed by atoms with van der Waals surface area (Å²) >= 11 is 1.66. The van der Waals surface area contributed by atoms with Gasteiger partial charge in [0.2, 0.25) is 5.00 Å². The molecule has 0 N–H and O–H groups in total. The van der Waals surface area contributed by atoms with Crippen molar-refractivity contribution in [1.82, 2.24) is 4.90 Å². The number of methoxy groups -OCH3 is 1. The zero-order valence-electron chi connectivity index (χ0n) is 13.8. The summed E-state index contributed by atoms with van der Waals surface area (Å²) in [6.45, 7) is 9.68. The number of hydrogen-bond donors (Lipinski definition) is 0. The Morgan fingerprint density at radius 2 is 1.91 bits per heavy atom. The van der Waals surface area contributed by atoms with Gasteiger partial charge in [-0.15, -0.1) is 0 Å². The quantitative estimate of drug-likeness (QED) is 0.764. The van der Waals surface area contributed by atoms with Crippen molar-refractivity contribution in [3.8, 4) is 0 Å². The molecule has 2 atom stereocenters. The lowest BCUT2D eigenvalue weighted by atomic mass is 9.48. The van der Waals surface area contributed by atoms with E-state index in [0.717, 1.165) is 10.9 Å². The molecule has 4 heteroatoms. The molecule has 0 aromatic carbocycles. The Hall–Kier alpha value is -0.890. The average Bonchev–Trinajstić information content (AvgIpc) is 2.92. The molecule has 1 aliphatic heterocycles. The fourth-order valence-electron chi connectivity index (χ4n) is 6.07. The van der Waals surface area contributed by atoms with Gasteiger partial charge in [-0.2, -0.15) is 11.3 Å². The van der Waals surface area contributed by atoms with Crippen LogP contribution in [0.1, 0.15) is 43.4 Å². The van der Waals surface area contributed by atoms with Crippen LogP contribution in [0.5, 0.6) is 0 Å². The van der Waals surface area contributed by atoms with Gasteiger partial charge in [0, 0.05) is 42.5 Å². The fraction of sp³-hybridized carbons (Fsp3) is 0.737. The average molecular weight is 328 g/mol. The third kappa shape index (κ3) is 1.76. The second-order valence-corrected chi connectivity index (χ2v) is 9.24. The van der Waals surface area contributed by atoms with E-state index in [9.17, 15) is 0 Å². The Morgan fingerprint density at radius 1 is 1.22 bits per heavy atom. The third-order valence-electron chi connectivity index (χ3n) is 7.30. The van der Waals surface area contributed by atoms with Crippen LogP contribution >= 0.6 is 11.3 Å². The Bertz CT molecular complexity index is 644. The number of likely N-dealkylation sites (tertiary alicyclic amines) is 1. The highest BCUT2D eigenvalue weighted by molar-refractivity contribution is 7.16. The standard InChI is InChI=1S/C19H24N2OS/c1-20-17-7-6-16(23-17)19(22-2)14-4-3-5-15(19)12-21(11-14)18-8-13(9-18)10-18/h6-7,13-15H,3-5,8-12H2,2H3. The van der Waals surface area contributed by atoms with Crippen LogP contribution in [0.4, 0.5) is 5.00 Å². The first kappa shape index (κ1) is 14.5. The van der Waals surface area contributed by atoms with E-state index in [1.807, 2.05) is 13.2 Å². The van der Waals surface area contributed by atoms with Crippen LogP contribution in [0.3, 0.4) is 0 Å². The lowest BCUT2D eigenvalue weighted by Gasteiger charge is -2.70. The lowest BCUT2D eigenvalue weighted by molar-refractivity contribution is -0.225. The smallest absolute Gasteiger partial charge is 0.241 e. The predicted molar refractivity (Wildman–Crippen MR) is 91.7 cm³/mol. The van der Waals surface area contributed by atoms with Crippen molar-refractivity contribution in [2.24, 2.45) is 17.8 Å². The summed E-state index contributed by atoms with van der Waals surface area (Å²) in [7, 11) is 1.90. The lowest BCUT2D eigenvalue weighted by Crippen LogP contribution is -2.73. The maximum Gasteiger partial charge on any atom is 0.241 e. The molecule has 0 amide bonds. The normalized spacial score (nSPS) is 45.0. The van der Waals surface area contributed by atoms with Crippen LogP contribution in [-0.2, 0) is 10.3 Å². The molecule has 5 aliphatic rings. The zero-order chi connectivity index (χ0) is 15.7.